The number of carbonyl (C=O) groups is 2. The fourth-order valence-electron chi connectivity index (χ4n) is 3.34. The second-order valence-electron chi connectivity index (χ2n) is 7.39. The fraction of sp³-hybridized carbons (Fsp3) is 0.636. The number of primary amides is 1. The number of hydrogen-bond donors (Lipinski definition) is 3. The highest BCUT2D eigenvalue weighted by Crippen LogP contribution is 2.23. The van der Waals surface area contributed by atoms with E-state index in [1.807, 2.05) is 30.3 Å². The van der Waals surface area contributed by atoms with Gasteiger partial charge in [-0.25, -0.2) is 4.79 Å². The van der Waals surface area contributed by atoms with Gasteiger partial charge in [0.1, 0.15) is 0 Å². The molecule has 4 N–H and O–H groups in total. The van der Waals surface area contributed by atoms with Gasteiger partial charge >= 0.3 is 6.03 Å². The van der Waals surface area contributed by atoms with Crippen LogP contribution in [0.3, 0.4) is 0 Å². The summed E-state index contributed by atoms with van der Waals surface area (Å²) >= 11 is 0. The van der Waals surface area contributed by atoms with E-state index in [1.165, 1.54) is 6.42 Å². The van der Waals surface area contributed by atoms with Crippen molar-refractivity contribution in [1.82, 2.24) is 5.32 Å². The molecule has 1 rings (SSSR count). The first kappa shape index (κ1) is 23.0. The van der Waals surface area contributed by atoms with Crippen LogP contribution in [-0.2, 0) is 4.79 Å². The van der Waals surface area contributed by atoms with E-state index in [0.29, 0.717) is 6.54 Å². The molecule has 0 heterocycles. The van der Waals surface area contributed by atoms with Crippen LogP contribution in [-0.4, -0.2) is 18.5 Å². The zero-order chi connectivity index (χ0) is 19.9. The maximum absolute atomic E-state index is 12.2. The predicted octanol–water partition coefficient (Wildman–Crippen LogP) is 5.08. The fourth-order valence-corrected chi connectivity index (χ4v) is 3.34. The number of para-hydroxylation sites is 1. The molecule has 1 aromatic rings. The molecule has 0 saturated carbocycles. The summed E-state index contributed by atoms with van der Waals surface area (Å²) in [5.41, 5.74) is 6.41. The van der Waals surface area contributed by atoms with E-state index in [9.17, 15) is 9.59 Å². The van der Waals surface area contributed by atoms with E-state index in [-0.39, 0.29) is 23.8 Å². The van der Waals surface area contributed by atoms with Crippen LogP contribution in [0.5, 0.6) is 0 Å². The van der Waals surface area contributed by atoms with Gasteiger partial charge < -0.3 is 16.4 Å². The quantitative estimate of drug-likeness (QED) is 0.396. The van der Waals surface area contributed by atoms with Crippen molar-refractivity contribution in [2.75, 3.05) is 11.9 Å². The summed E-state index contributed by atoms with van der Waals surface area (Å²) < 4.78 is 0. The molecule has 2 atom stereocenters. The van der Waals surface area contributed by atoms with Crippen LogP contribution in [0.1, 0.15) is 71.6 Å². The number of rotatable bonds is 14. The van der Waals surface area contributed by atoms with Crippen LogP contribution < -0.4 is 16.4 Å². The van der Waals surface area contributed by atoms with Gasteiger partial charge in [0, 0.05) is 18.2 Å². The molecule has 5 heteroatoms. The van der Waals surface area contributed by atoms with Gasteiger partial charge in [-0.1, -0.05) is 70.6 Å². The minimum atomic E-state index is -0.208. The zero-order valence-electron chi connectivity index (χ0n) is 17.0. The van der Waals surface area contributed by atoms with Crippen LogP contribution in [0.2, 0.25) is 0 Å². The molecule has 0 bridgehead atoms. The van der Waals surface area contributed by atoms with E-state index in [1.54, 1.807) is 0 Å². The number of carbonyl (C=O) groups excluding carboxylic acids is 2. The first-order valence-electron chi connectivity index (χ1n) is 10.5. The van der Waals surface area contributed by atoms with E-state index in [2.05, 4.69) is 24.5 Å². The van der Waals surface area contributed by atoms with E-state index in [0.717, 1.165) is 57.1 Å². The molecule has 3 amide bonds. The Hall–Kier alpha value is -2.04. The first-order chi connectivity index (χ1) is 13.1. The number of urea groups is 1. The summed E-state index contributed by atoms with van der Waals surface area (Å²) in [6.07, 6.45) is 9.36. The van der Waals surface area contributed by atoms with Crippen molar-refractivity contribution in [3.05, 3.63) is 30.3 Å². The van der Waals surface area contributed by atoms with Gasteiger partial charge in [-0.05, 0) is 37.3 Å². The molecule has 0 radical (unpaired) electrons. The predicted molar refractivity (Wildman–Crippen MR) is 113 cm³/mol. The second-order valence-corrected chi connectivity index (χ2v) is 7.39. The number of nitrogens with two attached hydrogens (primary N) is 1. The Bertz CT molecular complexity index is 534. The summed E-state index contributed by atoms with van der Waals surface area (Å²) in [5, 5.41) is 5.81. The Labute approximate surface area is 164 Å². The summed E-state index contributed by atoms with van der Waals surface area (Å²) in [4.78, 5) is 24.0. The molecule has 0 aromatic heterocycles. The lowest BCUT2D eigenvalue weighted by Crippen LogP contribution is -2.35. The third-order valence-electron chi connectivity index (χ3n) is 4.98. The van der Waals surface area contributed by atoms with Gasteiger partial charge in [0.15, 0.2) is 0 Å². The summed E-state index contributed by atoms with van der Waals surface area (Å²) in [7, 11) is 0. The highest BCUT2D eigenvalue weighted by Gasteiger charge is 2.21. The molecule has 0 saturated heterocycles. The van der Waals surface area contributed by atoms with Gasteiger partial charge in [-0.15, -0.1) is 0 Å². The number of hydrogen-bond acceptors (Lipinski definition) is 2. The highest BCUT2D eigenvalue weighted by molar-refractivity contribution is 5.89. The lowest BCUT2D eigenvalue weighted by atomic mass is 9.86. The minimum absolute atomic E-state index is 0.0952. The highest BCUT2D eigenvalue weighted by atomic mass is 16.2. The molecule has 0 aliphatic rings. The van der Waals surface area contributed by atoms with Gasteiger partial charge in [0.2, 0.25) is 5.91 Å². The van der Waals surface area contributed by atoms with Gasteiger partial charge in [0.25, 0.3) is 0 Å². The number of benzene rings is 1. The molecule has 152 valence electrons. The number of anilines is 1. The van der Waals surface area contributed by atoms with Crippen molar-refractivity contribution in [2.24, 2.45) is 17.6 Å². The van der Waals surface area contributed by atoms with Crippen molar-refractivity contribution in [3.8, 4) is 0 Å². The molecule has 0 aliphatic heterocycles. The first-order valence-corrected chi connectivity index (χ1v) is 10.5. The smallest absolute Gasteiger partial charge is 0.319 e. The molecule has 0 fully saturated rings. The van der Waals surface area contributed by atoms with Crippen LogP contribution in [0.15, 0.2) is 30.3 Å². The Kier molecular flexibility index (Phi) is 12.0. The zero-order valence-corrected chi connectivity index (χ0v) is 17.0. The van der Waals surface area contributed by atoms with Crippen molar-refractivity contribution in [2.45, 2.75) is 71.6 Å². The van der Waals surface area contributed by atoms with E-state index >= 15 is 0 Å². The Morgan fingerprint density at radius 2 is 1.59 bits per heavy atom. The molecular weight excluding hydrogens is 338 g/mol. The van der Waals surface area contributed by atoms with Crippen LogP contribution in [0, 0.1) is 11.8 Å². The lowest BCUT2D eigenvalue weighted by molar-refractivity contribution is -0.122. The third-order valence-corrected chi connectivity index (χ3v) is 4.98. The summed E-state index contributed by atoms with van der Waals surface area (Å²) in [6.45, 7) is 4.90. The molecule has 0 spiro atoms. The van der Waals surface area contributed by atoms with Crippen molar-refractivity contribution in [1.29, 1.82) is 0 Å². The normalized spacial score (nSPS) is 13.0. The molecule has 27 heavy (non-hydrogen) atoms. The van der Waals surface area contributed by atoms with E-state index in [4.69, 9.17) is 5.73 Å². The van der Waals surface area contributed by atoms with Crippen molar-refractivity contribution >= 4 is 17.6 Å². The summed E-state index contributed by atoms with van der Waals surface area (Å²) in [5.74, 6) is -0.0281. The largest absolute Gasteiger partial charge is 0.369 e. The monoisotopic (exact) mass is 375 g/mol. The average molecular weight is 376 g/mol. The Morgan fingerprint density at radius 3 is 2.19 bits per heavy atom. The average Bonchev–Trinajstić information content (AvgIpc) is 2.65. The third kappa shape index (κ3) is 10.6. The number of unbranched alkanes of at least 4 members (excludes halogenated alkanes) is 4. The second kappa shape index (κ2) is 14.1. The number of amides is 3. The standard InChI is InChI=1S/C22H37N3O2/c1-3-5-8-12-18(16-19(21(23)26)13-9-6-4-2)17-24-22(27)25-20-14-10-7-11-15-20/h7,10-11,14-15,18-19H,3-6,8-9,12-13,16-17H2,1-2H3,(H2,23,26)(H2,24,25,27)/t18-,19?/m0/s1. The molecular formula is C22H37N3O2. The van der Waals surface area contributed by atoms with Gasteiger partial charge in [-0.3, -0.25) is 4.79 Å². The summed E-state index contributed by atoms with van der Waals surface area (Å²) in [6, 6.07) is 9.19. The van der Waals surface area contributed by atoms with Crippen LogP contribution >= 0.6 is 0 Å². The number of nitrogens with one attached hydrogen (secondary N) is 2. The Morgan fingerprint density at radius 1 is 0.963 bits per heavy atom. The topological polar surface area (TPSA) is 84.2 Å². The van der Waals surface area contributed by atoms with Crippen LogP contribution in [0.4, 0.5) is 10.5 Å². The minimum Gasteiger partial charge on any atom is -0.369 e. The lowest BCUT2D eigenvalue weighted by Gasteiger charge is -2.22. The molecule has 0 aliphatic carbocycles. The van der Waals surface area contributed by atoms with Crippen molar-refractivity contribution in [3.63, 3.8) is 0 Å². The molecule has 1 aromatic carbocycles. The Balaban J connectivity index is 2.55. The van der Waals surface area contributed by atoms with Crippen LogP contribution in [0.25, 0.3) is 0 Å². The maximum Gasteiger partial charge on any atom is 0.319 e. The van der Waals surface area contributed by atoms with E-state index < -0.39 is 0 Å². The maximum atomic E-state index is 12.2. The SMILES string of the molecule is CCCCCC(C[C@H](CCCCC)CNC(=O)Nc1ccccc1)C(N)=O. The van der Waals surface area contributed by atoms with Crippen molar-refractivity contribution < 1.29 is 9.59 Å². The van der Waals surface area contributed by atoms with Gasteiger partial charge in [0.05, 0.1) is 0 Å². The molecule has 5 nitrogen and oxygen atoms in total. The van der Waals surface area contributed by atoms with Gasteiger partial charge in [-0.2, -0.15) is 0 Å². The molecule has 1 unspecified atom stereocenters.